The maximum atomic E-state index is 10.3. The van der Waals surface area contributed by atoms with Crippen LogP contribution >= 0.6 is 0 Å². The molecule has 98 valence electrons. The number of rotatable bonds is 3. The van der Waals surface area contributed by atoms with Gasteiger partial charge < -0.3 is 10.5 Å². The Bertz CT molecular complexity index is 543. The Morgan fingerprint density at radius 2 is 1.84 bits per heavy atom. The minimum Gasteiger partial charge on any atom is -0.480 e. The molecule has 0 saturated heterocycles. The van der Waals surface area contributed by atoms with Crippen molar-refractivity contribution in [1.29, 1.82) is 0 Å². The number of hydrogen-bond acceptors (Lipinski definition) is 7. The Labute approximate surface area is 109 Å². The monoisotopic (exact) mass is 260 g/mol. The zero-order chi connectivity index (χ0) is 14.1. The summed E-state index contributed by atoms with van der Waals surface area (Å²) in [6, 6.07) is 3.34. The average molecular weight is 260 g/mol. The SMILES string of the molecule is COc1ncccc1C=O.Nc1ncc(C=O)cn1. The molecule has 0 spiro atoms. The van der Waals surface area contributed by atoms with Crippen molar-refractivity contribution in [2.75, 3.05) is 12.8 Å². The smallest absolute Gasteiger partial charge is 0.223 e. The molecule has 0 aromatic carbocycles. The molecule has 2 aromatic heterocycles. The lowest BCUT2D eigenvalue weighted by Crippen LogP contribution is -1.94. The molecule has 2 aromatic rings. The maximum absolute atomic E-state index is 10.3. The van der Waals surface area contributed by atoms with Crippen LogP contribution in [0.25, 0.3) is 0 Å². The van der Waals surface area contributed by atoms with Gasteiger partial charge in [0.25, 0.3) is 0 Å². The summed E-state index contributed by atoms with van der Waals surface area (Å²) in [6.07, 6.45) is 5.70. The number of aromatic nitrogens is 3. The van der Waals surface area contributed by atoms with Crippen LogP contribution in [0.15, 0.2) is 30.7 Å². The molecule has 7 heteroatoms. The van der Waals surface area contributed by atoms with Gasteiger partial charge in [0, 0.05) is 18.6 Å². The van der Waals surface area contributed by atoms with E-state index in [0.29, 0.717) is 29.6 Å². The van der Waals surface area contributed by atoms with Gasteiger partial charge in [-0.05, 0) is 12.1 Å². The van der Waals surface area contributed by atoms with Gasteiger partial charge in [-0.3, -0.25) is 9.59 Å². The number of methoxy groups -OCH3 is 1. The van der Waals surface area contributed by atoms with Crippen LogP contribution in [0.4, 0.5) is 5.95 Å². The molecule has 7 nitrogen and oxygen atoms in total. The number of nitrogens with zero attached hydrogens (tertiary/aromatic N) is 3. The summed E-state index contributed by atoms with van der Waals surface area (Å²) in [4.78, 5) is 31.2. The lowest BCUT2D eigenvalue weighted by molar-refractivity contribution is 0.111. The summed E-state index contributed by atoms with van der Waals surface area (Å²) >= 11 is 0. The van der Waals surface area contributed by atoms with E-state index in [-0.39, 0.29) is 5.95 Å². The van der Waals surface area contributed by atoms with E-state index >= 15 is 0 Å². The van der Waals surface area contributed by atoms with Crippen molar-refractivity contribution in [3.05, 3.63) is 41.9 Å². The fourth-order valence-electron chi connectivity index (χ4n) is 1.07. The number of nitrogens with two attached hydrogens (primary N) is 1. The van der Waals surface area contributed by atoms with Gasteiger partial charge in [-0.2, -0.15) is 0 Å². The highest BCUT2D eigenvalue weighted by Crippen LogP contribution is 2.09. The zero-order valence-electron chi connectivity index (χ0n) is 10.2. The minimum atomic E-state index is 0.181. The van der Waals surface area contributed by atoms with E-state index in [1.807, 2.05) is 0 Å². The minimum absolute atomic E-state index is 0.181. The molecule has 2 N–H and O–H groups in total. The molecule has 0 bridgehead atoms. The lowest BCUT2D eigenvalue weighted by Gasteiger charge is -1.98. The molecule has 0 atom stereocenters. The molecule has 0 amide bonds. The zero-order valence-corrected chi connectivity index (χ0v) is 10.2. The summed E-state index contributed by atoms with van der Waals surface area (Å²) in [7, 11) is 1.48. The molecule has 0 unspecified atom stereocenters. The second-order valence-corrected chi connectivity index (χ2v) is 3.21. The normalized spacial score (nSPS) is 8.89. The third-order valence-corrected chi connectivity index (χ3v) is 1.95. The van der Waals surface area contributed by atoms with Gasteiger partial charge >= 0.3 is 0 Å². The van der Waals surface area contributed by atoms with Gasteiger partial charge in [-0.1, -0.05) is 0 Å². The maximum Gasteiger partial charge on any atom is 0.223 e. The van der Waals surface area contributed by atoms with E-state index in [4.69, 9.17) is 10.5 Å². The van der Waals surface area contributed by atoms with Crippen LogP contribution in [0.3, 0.4) is 0 Å². The number of carbonyl (C=O) groups is 2. The van der Waals surface area contributed by atoms with E-state index in [9.17, 15) is 9.59 Å². The first-order chi connectivity index (χ1) is 9.21. The second-order valence-electron chi connectivity index (χ2n) is 3.21. The molecule has 0 radical (unpaired) electrons. The molecule has 2 rings (SSSR count). The fourth-order valence-corrected chi connectivity index (χ4v) is 1.07. The molecule has 0 aliphatic rings. The number of ether oxygens (including phenoxy) is 1. The van der Waals surface area contributed by atoms with Gasteiger partial charge in [0.05, 0.1) is 18.2 Å². The van der Waals surface area contributed by atoms with Crippen LogP contribution in [0.5, 0.6) is 5.88 Å². The summed E-state index contributed by atoms with van der Waals surface area (Å²) in [5.41, 5.74) is 6.05. The predicted octanol–water partition coefficient (Wildman–Crippen LogP) is 0.774. The van der Waals surface area contributed by atoms with Gasteiger partial charge in [-0.25, -0.2) is 15.0 Å². The van der Waals surface area contributed by atoms with Crippen molar-refractivity contribution in [2.24, 2.45) is 0 Å². The largest absolute Gasteiger partial charge is 0.480 e. The quantitative estimate of drug-likeness (QED) is 0.812. The van der Waals surface area contributed by atoms with Gasteiger partial charge in [-0.15, -0.1) is 0 Å². The van der Waals surface area contributed by atoms with E-state index in [1.54, 1.807) is 18.3 Å². The number of pyridine rings is 1. The molecular weight excluding hydrogens is 248 g/mol. The van der Waals surface area contributed by atoms with Crippen molar-refractivity contribution in [1.82, 2.24) is 15.0 Å². The average Bonchev–Trinajstić information content (AvgIpc) is 2.48. The van der Waals surface area contributed by atoms with Gasteiger partial charge in [0.15, 0.2) is 12.6 Å². The Balaban J connectivity index is 0.000000191. The topological polar surface area (TPSA) is 108 Å². The first-order valence-electron chi connectivity index (χ1n) is 5.18. The molecular formula is C12H12N4O3. The van der Waals surface area contributed by atoms with Crippen molar-refractivity contribution in [3.63, 3.8) is 0 Å². The molecule has 0 saturated carbocycles. The fraction of sp³-hybridized carbons (Fsp3) is 0.0833. The van der Waals surface area contributed by atoms with Crippen LogP contribution in [0, 0.1) is 0 Å². The number of carbonyl (C=O) groups excluding carboxylic acids is 2. The lowest BCUT2D eigenvalue weighted by atomic mass is 10.3. The standard InChI is InChI=1S/C7H7NO2.C5H5N3O/c1-10-7-6(5-9)3-2-4-8-7;6-5-7-1-4(3-9)2-8-5/h2-5H,1H3;1-3H,(H2,6,7,8). The van der Waals surface area contributed by atoms with Gasteiger partial charge in [0.2, 0.25) is 11.8 Å². The Hall–Kier alpha value is -2.83. The van der Waals surface area contributed by atoms with Gasteiger partial charge in [0.1, 0.15) is 0 Å². The third-order valence-electron chi connectivity index (χ3n) is 1.95. The Kier molecular flexibility index (Phi) is 5.61. The highest BCUT2D eigenvalue weighted by atomic mass is 16.5. The summed E-state index contributed by atoms with van der Waals surface area (Å²) < 4.78 is 4.79. The molecule has 0 fully saturated rings. The highest BCUT2D eigenvalue weighted by molar-refractivity contribution is 5.77. The van der Waals surface area contributed by atoms with Crippen molar-refractivity contribution in [2.45, 2.75) is 0 Å². The highest BCUT2D eigenvalue weighted by Gasteiger charge is 1.98. The molecule has 2 heterocycles. The van der Waals surface area contributed by atoms with E-state index in [2.05, 4.69) is 15.0 Å². The van der Waals surface area contributed by atoms with Crippen LogP contribution < -0.4 is 10.5 Å². The number of hydrogen-bond donors (Lipinski definition) is 1. The molecule has 0 aliphatic heterocycles. The third kappa shape index (κ3) is 4.50. The predicted molar refractivity (Wildman–Crippen MR) is 68.0 cm³/mol. The van der Waals surface area contributed by atoms with Crippen molar-refractivity contribution in [3.8, 4) is 5.88 Å². The molecule has 0 aliphatic carbocycles. The summed E-state index contributed by atoms with van der Waals surface area (Å²) in [5, 5.41) is 0. The number of aldehydes is 2. The Morgan fingerprint density at radius 1 is 1.16 bits per heavy atom. The number of nitrogen functional groups attached to an aromatic ring is 1. The van der Waals surface area contributed by atoms with E-state index < -0.39 is 0 Å². The second kappa shape index (κ2) is 7.49. The van der Waals surface area contributed by atoms with Crippen molar-refractivity contribution >= 4 is 18.5 Å². The van der Waals surface area contributed by atoms with Crippen LogP contribution in [-0.2, 0) is 0 Å². The van der Waals surface area contributed by atoms with Crippen LogP contribution in [0.1, 0.15) is 20.7 Å². The first kappa shape index (κ1) is 14.2. The van der Waals surface area contributed by atoms with E-state index in [0.717, 1.165) is 0 Å². The van der Waals surface area contributed by atoms with Crippen LogP contribution in [-0.4, -0.2) is 34.6 Å². The molecule has 19 heavy (non-hydrogen) atoms. The summed E-state index contributed by atoms with van der Waals surface area (Å²) in [5.74, 6) is 0.554. The van der Waals surface area contributed by atoms with Crippen molar-refractivity contribution < 1.29 is 14.3 Å². The summed E-state index contributed by atoms with van der Waals surface area (Å²) in [6.45, 7) is 0. The Morgan fingerprint density at radius 3 is 2.32 bits per heavy atom. The van der Waals surface area contributed by atoms with E-state index in [1.165, 1.54) is 19.5 Å². The van der Waals surface area contributed by atoms with Crippen LogP contribution in [0.2, 0.25) is 0 Å². The first-order valence-corrected chi connectivity index (χ1v) is 5.18. The number of anilines is 1.